The number of carbonyl (C=O) groups excluding carboxylic acids is 1. The SMILES string of the molecule is C=C(C=CC(=O)O)C(=O)OCCOCC(=C)C(=O)O. The Labute approximate surface area is 109 Å². The number of aliphatic carboxylic acids is 2. The minimum Gasteiger partial charge on any atom is -0.478 e. The Bertz CT molecular complexity index is 420. The lowest BCUT2D eigenvalue weighted by Gasteiger charge is -2.05. The van der Waals surface area contributed by atoms with Crippen LogP contribution in [0.25, 0.3) is 0 Å². The van der Waals surface area contributed by atoms with E-state index in [0.29, 0.717) is 0 Å². The van der Waals surface area contributed by atoms with Gasteiger partial charge in [-0.05, 0) is 6.08 Å². The number of hydrogen-bond donors (Lipinski definition) is 2. The molecule has 104 valence electrons. The van der Waals surface area contributed by atoms with Gasteiger partial charge in [-0.15, -0.1) is 0 Å². The van der Waals surface area contributed by atoms with E-state index in [0.717, 1.165) is 12.2 Å². The number of esters is 1. The van der Waals surface area contributed by atoms with Gasteiger partial charge in [0.15, 0.2) is 0 Å². The van der Waals surface area contributed by atoms with Crippen LogP contribution < -0.4 is 0 Å². The molecule has 0 bridgehead atoms. The van der Waals surface area contributed by atoms with Crippen LogP contribution in [0.15, 0.2) is 36.5 Å². The second-order valence-electron chi connectivity index (χ2n) is 3.29. The maximum atomic E-state index is 11.2. The Morgan fingerprint density at radius 2 is 1.68 bits per heavy atom. The van der Waals surface area contributed by atoms with E-state index in [1.165, 1.54) is 0 Å². The first-order valence-electron chi connectivity index (χ1n) is 5.10. The van der Waals surface area contributed by atoms with Gasteiger partial charge < -0.3 is 19.7 Å². The molecule has 7 nitrogen and oxygen atoms in total. The molecule has 0 spiro atoms. The van der Waals surface area contributed by atoms with Crippen LogP contribution in [0.4, 0.5) is 0 Å². The van der Waals surface area contributed by atoms with E-state index >= 15 is 0 Å². The first-order chi connectivity index (χ1) is 8.84. The average molecular weight is 270 g/mol. The standard InChI is InChI=1S/C12H14O7/c1-8(3-4-10(13)14)12(17)19-6-5-18-7-9(2)11(15)16/h3-4H,1-2,5-7H2,(H,13,14)(H,15,16). The van der Waals surface area contributed by atoms with E-state index < -0.39 is 17.9 Å². The van der Waals surface area contributed by atoms with E-state index in [1.807, 2.05) is 0 Å². The second kappa shape index (κ2) is 8.65. The molecule has 0 aromatic heterocycles. The average Bonchev–Trinajstić information content (AvgIpc) is 2.34. The van der Waals surface area contributed by atoms with Crippen molar-refractivity contribution in [2.75, 3.05) is 19.8 Å². The van der Waals surface area contributed by atoms with E-state index in [9.17, 15) is 14.4 Å². The van der Waals surface area contributed by atoms with Crippen molar-refractivity contribution in [1.29, 1.82) is 0 Å². The molecule has 0 unspecified atom stereocenters. The van der Waals surface area contributed by atoms with Gasteiger partial charge in [-0.2, -0.15) is 0 Å². The molecule has 0 aromatic rings. The zero-order valence-corrected chi connectivity index (χ0v) is 10.1. The minimum atomic E-state index is -1.20. The fourth-order valence-corrected chi connectivity index (χ4v) is 0.783. The maximum absolute atomic E-state index is 11.2. The van der Waals surface area contributed by atoms with Gasteiger partial charge in [-0.1, -0.05) is 13.2 Å². The van der Waals surface area contributed by atoms with Crippen molar-refractivity contribution in [2.24, 2.45) is 0 Å². The Morgan fingerprint density at radius 1 is 1.05 bits per heavy atom. The predicted octanol–water partition coefficient (Wildman–Crippen LogP) is 0.384. The van der Waals surface area contributed by atoms with Crippen molar-refractivity contribution in [3.63, 3.8) is 0 Å². The van der Waals surface area contributed by atoms with Gasteiger partial charge in [0, 0.05) is 6.08 Å². The van der Waals surface area contributed by atoms with Gasteiger partial charge in [0.05, 0.1) is 24.4 Å². The van der Waals surface area contributed by atoms with Crippen molar-refractivity contribution in [3.05, 3.63) is 36.5 Å². The molecule has 2 N–H and O–H groups in total. The molecule has 19 heavy (non-hydrogen) atoms. The van der Waals surface area contributed by atoms with Crippen LogP contribution in [0, 0.1) is 0 Å². The van der Waals surface area contributed by atoms with Crippen molar-refractivity contribution >= 4 is 17.9 Å². The van der Waals surface area contributed by atoms with Gasteiger partial charge in [0.2, 0.25) is 0 Å². The number of rotatable bonds is 9. The third-order valence-electron chi connectivity index (χ3n) is 1.73. The van der Waals surface area contributed by atoms with Crippen LogP contribution in [-0.4, -0.2) is 47.9 Å². The largest absolute Gasteiger partial charge is 0.478 e. The number of carbonyl (C=O) groups is 3. The van der Waals surface area contributed by atoms with Gasteiger partial charge in [0.1, 0.15) is 6.61 Å². The molecule has 0 fully saturated rings. The lowest BCUT2D eigenvalue weighted by atomic mass is 10.3. The van der Waals surface area contributed by atoms with Crippen LogP contribution in [0.5, 0.6) is 0 Å². The highest BCUT2D eigenvalue weighted by molar-refractivity contribution is 5.93. The number of carboxylic acids is 2. The zero-order valence-electron chi connectivity index (χ0n) is 10.1. The fraction of sp³-hybridized carbons (Fsp3) is 0.250. The summed E-state index contributed by atoms with van der Waals surface area (Å²) < 4.78 is 9.58. The number of ether oxygens (including phenoxy) is 2. The molecule has 0 atom stereocenters. The summed E-state index contributed by atoms with van der Waals surface area (Å²) in [6.07, 6.45) is 1.77. The van der Waals surface area contributed by atoms with Crippen molar-refractivity contribution in [2.45, 2.75) is 0 Å². The highest BCUT2D eigenvalue weighted by Crippen LogP contribution is 1.97. The molecule has 0 aliphatic heterocycles. The highest BCUT2D eigenvalue weighted by atomic mass is 16.6. The van der Waals surface area contributed by atoms with Gasteiger partial charge in [-0.3, -0.25) is 0 Å². The van der Waals surface area contributed by atoms with E-state index in [4.69, 9.17) is 19.7 Å². The van der Waals surface area contributed by atoms with Crippen LogP contribution in [0.2, 0.25) is 0 Å². The summed E-state index contributed by atoms with van der Waals surface area (Å²) in [5, 5.41) is 16.8. The summed E-state index contributed by atoms with van der Waals surface area (Å²) in [4.78, 5) is 31.8. The van der Waals surface area contributed by atoms with E-state index in [1.54, 1.807) is 0 Å². The van der Waals surface area contributed by atoms with Crippen molar-refractivity contribution < 1.29 is 34.1 Å². The second-order valence-corrected chi connectivity index (χ2v) is 3.29. The lowest BCUT2D eigenvalue weighted by Crippen LogP contribution is -2.14. The molecule has 0 heterocycles. The predicted molar refractivity (Wildman–Crippen MR) is 64.5 cm³/mol. The molecule has 0 saturated carbocycles. The normalized spacial score (nSPS) is 10.1. The summed E-state index contributed by atoms with van der Waals surface area (Å²) in [5.41, 5.74) is -0.225. The van der Waals surface area contributed by atoms with Gasteiger partial charge in [0.25, 0.3) is 0 Å². The Hall–Kier alpha value is -2.41. The smallest absolute Gasteiger partial charge is 0.337 e. The van der Waals surface area contributed by atoms with Crippen molar-refractivity contribution in [1.82, 2.24) is 0 Å². The molecule has 0 aliphatic rings. The van der Waals surface area contributed by atoms with E-state index in [-0.39, 0.29) is 31.0 Å². The monoisotopic (exact) mass is 270 g/mol. The summed E-state index contributed by atoms with van der Waals surface area (Å²) >= 11 is 0. The third kappa shape index (κ3) is 8.33. The molecule has 0 rings (SSSR count). The molecule has 0 aliphatic carbocycles. The first kappa shape index (κ1) is 16.6. The quantitative estimate of drug-likeness (QED) is 0.270. The summed E-state index contributed by atoms with van der Waals surface area (Å²) in [7, 11) is 0. The van der Waals surface area contributed by atoms with Crippen molar-refractivity contribution in [3.8, 4) is 0 Å². The molecule has 7 heteroatoms. The molecule has 0 saturated heterocycles. The number of carboxylic acid groups (broad SMARTS) is 2. The van der Waals surface area contributed by atoms with Crippen LogP contribution in [0.1, 0.15) is 0 Å². The van der Waals surface area contributed by atoms with E-state index in [2.05, 4.69) is 13.2 Å². The van der Waals surface area contributed by atoms with Gasteiger partial charge >= 0.3 is 17.9 Å². The third-order valence-corrected chi connectivity index (χ3v) is 1.73. The minimum absolute atomic E-state index is 0.00599. The van der Waals surface area contributed by atoms with Crippen LogP contribution in [-0.2, 0) is 23.9 Å². The first-order valence-corrected chi connectivity index (χ1v) is 5.10. The lowest BCUT2D eigenvalue weighted by molar-refractivity contribution is -0.140. The highest BCUT2D eigenvalue weighted by Gasteiger charge is 2.06. The molecule has 0 amide bonds. The van der Waals surface area contributed by atoms with Gasteiger partial charge in [-0.25, -0.2) is 14.4 Å². The molecule has 0 radical (unpaired) electrons. The summed E-state index contributed by atoms with van der Waals surface area (Å²) in [5.74, 6) is -3.15. The molecular formula is C12H14O7. The topological polar surface area (TPSA) is 110 Å². The summed E-state index contributed by atoms with van der Waals surface area (Å²) in [6, 6.07) is 0. The molecule has 0 aromatic carbocycles. The zero-order chi connectivity index (χ0) is 14.8. The Morgan fingerprint density at radius 3 is 2.21 bits per heavy atom. The fourth-order valence-electron chi connectivity index (χ4n) is 0.783. The Balaban J connectivity index is 3.81. The van der Waals surface area contributed by atoms with Crippen LogP contribution in [0.3, 0.4) is 0 Å². The molecular weight excluding hydrogens is 256 g/mol. The van der Waals surface area contributed by atoms with Crippen LogP contribution >= 0.6 is 0 Å². The Kier molecular flexibility index (Phi) is 7.55. The maximum Gasteiger partial charge on any atom is 0.337 e. The summed E-state index contributed by atoms with van der Waals surface area (Å²) in [6.45, 7) is 6.28. The number of hydrogen-bond acceptors (Lipinski definition) is 5.